The van der Waals surface area contributed by atoms with E-state index >= 15 is 0 Å². The lowest BCUT2D eigenvalue weighted by Crippen LogP contribution is -2.42. The van der Waals surface area contributed by atoms with Crippen LogP contribution in [0.15, 0.2) is 65.4 Å². The fraction of sp³-hybridized carbons (Fsp3) is 0.346. The van der Waals surface area contributed by atoms with Crippen LogP contribution < -0.4 is 0 Å². The third-order valence-electron chi connectivity index (χ3n) is 6.21. The zero-order chi connectivity index (χ0) is 22.7. The predicted octanol–water partition coefficient (Wildman–Crippen LogP) is 5.79. The molecular formula is C26H28F2N2OS. The highest BCUT2D eigenvalue weighted by Gasteiger charge is 2.36. The largest absolute Gasteiger partial charge is 0.336 e. The normalized spacial score (nSPS) is 18.9. The van der Waals surface area contributed by atoms with Gasteiger partial charge in [0.25, 0.3) is 5.91 Å². The molecule has 1 aliphatic rings. The Bertz CT molecular complexity index is 1020. The highest BCUT2D eigenvalue weighted by Crippen LogP contribution is 2.35. The smallest absolute Gasteiger partial charge is 0.254 e. The Hall–Kier alpha value is -2.57. The van der Waals surface area contributed by atoms with Crippen LogP contribution in [0, 0.1) is 17.6 Å². The molecule has 168 valence electrons. The maximum atomic E-state index is 13.5. The number of rotatable bonds is 7. The summed E-state index contributed by atoms with van der Waals surface area (Å²) in [4.78, 5) is 17.5. The van der Waals surface area contributed by atoms with E-state index < -0.39 is 0 Å². The number of likely N-dealkylation sites (tertiary alicyclic amines) is 1. The van der Waals surface area contributed by atoms with Gasteiger partial charge in [0.2, 0.25) is 0 Å². The number of nitrogens with zero attached hydrogens (tertiary/aromatic N) is 2. The van der Waals surface area contributed by atoms with Crippen LogP contribution in [0.25, 0.3) is 0 Å². The van der Waals surface area contributed by atoms with Gasteiger partial charge in [0.15, 0.2) is 0 Å². The second-order valence-corrected chi connectivity index (χ2v) is 9.58. The molecule has 1 amide bonds. The SMILES string of the molecule is CC(C)N(C[C@H]1CN(Cc2ccsc2)C[C@@H]1c1ccc(F)cc1)C(=O)c1ccc(F)cc1. The molecule has 1 fully saturated rings. The average Bonchev–Trinajstić information content (AvgIpc) is 3.42. The molecule has 2 aromatic carbocycles. The Morgan fingerprint density at radius 2 is 1.69 bits per heavy atom. The van der Waals surface area contributed by atoms with Crippen molar-refractivity contribution in [1.29, 1.82) is 0 Å². The predicted molar refractivity (Wildman–Crippen MR) is 125 cm³/mol. The Morgan fingerprint density at radius 1 is 1.03 bits per heavy atom. The molecule has 0 bridgehead atoms. The highest BCUT2D eigenvalue weighted by molar-refractivity contribution is 7.07. The first-order valence-electron chi connectivity index (χ1n) is 11.0. The van der Waals surface area contributed by atoms with Crippen LogP contribution in [0.3, 0.4) is 0 Å². The molecule has 0 saturated carbocycles. The zero-order valence-electron chi connectivity index (χ0n) is 18.4. The monoisotopic (exact) mass is 454 g/mol. The standard InChI is InChI=1S/C26H28F2N2OS/c1-18(2)30(26(31)21-5-9-24(28)10-6-21)15-22-14-29(13-19-11-12-32-17-19)16-25(22)20-3-7-23(27)8-4-20/h3-12,17-18,22,25H,13-16H2,1-2H3/t22-,25-/m1/s1. The van der Waals surface area contributed by atoms with Gasteiger partial charge in [-0.2, -0.15) is 11.3 Å². The van der Waals surface area contributed by atoms with E-state index in [-0.39, 0.29) is 35.4 Å². The van der Waals surface area contributed by atoms with Gasteiger partial charge in [-0.05, 0) is 84.1 Å². The van der Waals surface area contributed by atoms with Crippen molar-refractivity contribution < 1.29 is 13.6 Å². The molecule has 32 heavy (non-hydrogen) atoms. The summed E-state index contributed by atoms with van der Waals surface area (Å²) in [5.41, 5.74) is 2.88. The molecule has 0 N–H and O–H groups in total. The summed E-state index contributed by atoms with van der Waals surface area (Å²) in [5, 5.41) is 4.25. The van der Waals surface area contributed by atoms with E-state index in [1.165, 1.54) is 29.8 Å². The van der Waals surface area contributed by atoms with Crippen molar-refractivity contribution >= 4 is 17.2 Å². The molecule has 0 radical (unpaired) electrons. The van der Waals surface area contributed by atoms with Gasteiger partial charge in [-0.15, -0.1) is 0 Å². The summed E-state index contributed by atoms with van der Waals surface area (Å²) in [6, 6.07) is 14.6. The van der Waals surface area contributed by atoms with E-state index in [0.717, 1.165) is 25.2 Å². The molecule has 6 heteroatoms. The Morgan fingerprint density at radius 3 is 2.28 bits per heavy atom. The molecule has 3 nitrogen and oxygen atoms in total. The van der Waals surface area contributed by atoms with E-state index in [9.17, 15) is 13.6 Å². The van der Waals surface area contributed by atoms with E-state index in [1.54, 1.807) is 23.5 Å². The molecule has 3 aromatic rings. The summed E-state index contributed by atoms with van der Waals surface area (Å²) < 4.78 is 26.9. The van der Waals surface area contributed by atoms with Crippen LogP contribution in [-0.2, 0) is 6.54 Å². The number of hydrogen-bond donors (Lipinski definition) is 0. The fourth-order valence-corrected chi connectivity index (χ4v) is 5.20. The minimum Gasteiger partial charge on any atom is -0.336 e. The van der Waals surface area contributed by atoms with Gasteiger partial charge in [-0.25, -0.2) is 8.78 Å². The molecule has 2 heterocycles. The molecule has 1 aromatic heterocycles. The molecule has 0 spiro atoms. The van der Waals surface area contributed by atoms with Crippen molar-refractivity contribution in [2.24, 2.45) is 5.92 Å². The molecule has 0 unspecified atom stereocenters. The maximum absolute atomic E-state index is 13.5. The van der Waals surface area contributed by atoms with Gasteiger partial charge in [0.05, 0.1) is 0 Å². The fourth-order valence-electron chi connectivity index (χ4n) is 4.54. The molecule has 1 saturated heterocycles. The van der Waals surface area contributed by atoms with Gasteiger partial charge in [0.1, 0.15) is 11.6 Å². The van der Waals surface area contributed by atoms with Crippen LogP contribution in [0.4, 0.5) is 8.78 Å². The minimum absolute atomic E-state index is 0.00680. The lowest BCUT2D eigenvalue weighted by molar-refractivity contribution is 0.0668. The summed E-state index contributed by atoms with van der Waals surface area (Å²) in [5.74, 6) is -0.265. The first kappa shape index (κ1) is 22.6. The number of amides is 1. The number of benzene rings is 2. The summed E-state index contributed by atoms with van der Waals surface area (Å²) in [7, 11) is 0. The van der Waals surface area contributed by atoms with Gasteiger partial charge in [0, 0.05) is 43.7 Å². The minimum atomic E-state index is -0.353. The van der Waals surface area contributed by atoms with Gasteiger partial charge in [-0.3, -0.25) is 9.69 Å². The van der Waals surface area contributed by atoms with Crippen molar-refractivity contribution in [1.82, 2.24) is 9.80 Å². The quantitative estimate of drug-likeness (QED) is 0.451. The number of thiophene rings is 1. The van der Waals surface area contributed by atoms with Crippen molar-refractivity contribution in [3.8, 4) is 0 Å². The first-order chi connectivity index (χ1) is 15.4. The molecule has 2 atom stereocenters. The molecule has 4 rings (SSSR count). The van der Waals surface area contributed by atoms with E-state index in [4.69, 9.17) is 0 Å². The summed E-state index contributed by atoms with van der Waals surface area (Å²) >= 11 is 1.69. The Kier molecular flexibility index (Phi) is 7.01. The van der Waals surface area contributed by atoms with Crippen LogP contribution in [0.5, 0.6) is 0 Å². The second kappa shape index (κ2) is 9.92. The summed E-state index contributed by atoms with van der Waals surface area (Å²) in [6.45, 7) is 7.20. The highest BCUT2D eigenvalue weighted by atomic mass is 32.1. The van der Waals surface area contributed by atoms with E-state index in [1.807, 2.05) is 30.9 Å². The molecule has 1 aliphatic heterocycles. The number of halogens is 2. The lowest BCUT2D eigenvalue weighted by atomic mass is 9.88. The lowest BCUT2D eigenvalue weighted by Gasteiger charge is -2.32. The average molecular weight is 455 g/mol. The van der Waals surface area contributed by atoms with Crippen LogP contribution in [0.1, 0.15) is 41.3 Å². The van der Waals surface area contributed by atoms with Crippen LogP contribution >= 0.6 is 11.3 Å². The third kappa shape index (κ3) is 5.25. The Balaban J connectivity index is 1.56. The van der Waals surface area contributed by atoms with Gasteiger partial charge >= 0.3 is 0 Å². The van der Waals surface area contributed by atoms with Gasteiger partial charge < -0.3 is 4.90 Å². The Labute approximate surface area is 192 Å². The van der Waals surface area contributed by atoms with Gasteiger partial charge in [-0.1, -0.05) is 12.1 Å². The van der Waals surface area contributed by atoms with Crippen molar-refractivity contribution in [3.05, 3.63) is 93.7 Å². The maximum Gasteiger partial charge on any atom is 0.254 e. The van der Waals surface area contributed by atoms with E-state index in [2.05, 4.69) is 21.7 Å². The topological polar surface area (TPSA) is 23.6 Å². The number of carbonyl (C=O) groups is 1. The third-order valence-corrected chi connectivity index (χ3v) is 6.94. The molecular weight excluding hydrogens is 426 g/mol. The van der Waals surface area contributed by atoms with Crippen LogP contribution in [0.2, 0.25) is 0 Å². The van der Waals surface area contributed by atoms with Crippen molar-refractivity contribution in [2.45, 2.75) is 32.4 Å². The second-order valence-electron chi connectivity index (χ2n) is 8.80. The van der Waals surface area contributed by atoms with Crippen molar-refractivity contribution in [2.75, 3.05) is 19.6 Å². The van der Waals surface area contributed by atoms with Crippen LogP contribution in [-0.4, -0.2) is 41.4 Å². The first-order valence-corrected chi connectivity index (χ1v) is 11.9. The summed E-state index contributed by atoms with van der Waals surface area (Å²) in [6.07, 6.45) is 0. The number of hydrogen-bond acceptors (Lipinski definition) is 3. The molecule has 0 aliphatic carbocycles. The zero-order valence-corrected chi connectivity index (χ0v) is 19.2. The van der Waals surface area contributed by atoms with E-state index in [0.29, 0.717) is 12.1 Å². The number of carbonyl (C=O) groups excluding carboxylic acids is 1. The van der Waals surface area contributed by atoms with Crippen molar-refractivity contribution in [3.63, 3.8) is 0 Å².